The number of fused-ring (bicyclic) bond motifs is 1. The number of amides is 1. The van der Waals surface area contributed by atoms with Crippen molar-refractivity contribution in [1.29, 1.82) is 0 Å². The van der Waals surface area contributed by atoms with E-state index in [4.69, 9.17) is 0 Å². The van der Waals surface area contributed by atoms with Crippen LogP contribution in [0.25, 0.3) is 10.8 Å². The van der Waals surface area contributed by atoms with Crippen LogP contribution < -0.4 is 5.32 Å². The second kappa shape index (κ2) is 6.18. The quantitative estimate of drug-likeness (QED) is 0.766. The van der Waals surface area contributed by atoms with Gasteiger partial charge in [-0.3, -0.25) is 4.79 Å². The molecule has 2 N–H and O–H groups in total. The smallest absolute Gasteiger partial charge is 0.277 e. The molecule has 1 amide bonds. The first-order valence-electron chi connectivity index (χ1n) is 8.24. The predicted octanol–water partition coefficient (Wildman–Crippen LogP) is 2.27. The molecule has 0 spiro atoms. The van der Waals surface area contributed by atoms with Crippen molar-refractivity contribution >= 4 is 22.4 Å². The monoisotopic (exact) mass is 337 g/mol. The van der Waals surface area contributed by atoms with Crippen molar-refractivity contribution in [2.24, 2.45) is 0 Å². The number of aromatic hydroxyl groups is 1. The highest BCUT2D eigenvalue weighted by Crippen LogP contribution is 2.31. The first-order chi connectivity index (χ1) is 12.1. The minimum Gasteiger partial charge on any atom is -0.507 e. The Morgan fingerprint density at radius 3 is 2.84 bits per heavy atom. The molecule has 2 heterocycles. The number of phenols is 1. The average molecular weight is 337 g/mol. The summed E-state index contributed by atoms with van der Waals surface area (Å²) in [5.74, 6) is -0.209. The highest BCUT2D eigenvalue weighted by Gasteiger charge is 2.23. The van der Waals surface area contributed by atoms with Crippen LogP contribution in [0.3, 0.4) is 0 Å². The molecule has 3 aromatic rings. The van der Waals surface area contributed by atoms with Crippen molar-refractivity contribution in [2.75, 3.05) is 25.5 Å². The van der Waals surface area contributed by atoms with E-state index in [-0.39, 0.29) is 23.4 Å². The maximum absolute atomic E-state index is 12.5. The Bertz CT molecular complexity index is 931. The molecule has 0 radical (unpaired) electrons. The number of hydrogen-bond acceptors (Lipinski definition) is 5. The molecule has 2 aromatic carbocycles. The van der Waals surface area contributed by atoms with Gasteiger partial charge in [0, 0.05) is 11.9 Å². The lowest BCUT2D eigenvalue weighted by molar-refractivity contribution is 0.102. The van der Waals surface area contributed by atoms with Crippen LogP contribution in [0.1, 0.15) is 23.0 Å². The molecule has 7 nitrogen and oxygen atoms in total. The summed E-state index contributed by atoms with van der Waals surface area (Å²) in [6.07, 6.45) is 2.68. The van der Waals surface area contributed by atoms with E-state index >= 15 is 0 Å². The van der Waals surface area contributed by atoms with E-state index in [1.165, 1.54) is 0 Å². The van der Waals surface area contributed by atoms with E-state index in [2.05, 4.69) is 27.6 Å². The van der Waals surface area contributed by atoms with Crippen molar-refractivity contribution < 1.29 is 9.90 Å². The first kappa shape index (κ1) is 15.6. The van der Waals surface area contributed by atoms with Crippen molar-refractivity contribution in [3.63, 3.8) is 0 Å². The Labute approximate surface area is 144 Å². The van der Waals surface area contributed by atoms with Crippen molar-refractivity contribution in [3.05, 3.63) is 48.3 Å². The minimum absolute atomic E-state index is 0.131. The van der Waals surface area contributed by atoms with Gasteiger partial charge in [0.1, 0.15) is 5.75 Å². The van der Waals surface area contributed by atoms with Gasteiger partial charge in [0.15, 0.2) is 5.69 Å². The molecule has 0 aliphatic carbocycles. The highest BCUT2D eigenvalue weighted by molar-refractivity contribution is 6.09. The molecular weight excluding hydrogens is 318 g/mol. The number of likely N-dealkylation sites (N-methyl/N-ethyl adjacent to an activating group) is 1. The van der Waals surface area contributed by atoms with Crippen LogP contribution in [-0.2, 0) is 0 Å². The van der Waals surface area contributed by atoms with Gasteiger partial charge >= 0.3 is 0 Å². The number of aromatic nitrogens is 3. The van der Waals surface area contributed by atoms with Crippen LogP contribution in [0.4, 0.5) is 5.69 Å². The topological polar surface area (TPSA) is 83.3 Å². The van der Waals surface area contributed by atoms with Crippen LogP contribution in [0.2, 0.25) is 0 Å². The Morgan fingerprint density at radius 1 is 1.28 bits per heavy atom. The summed E-state index contributed by atoms with van der Waals surface area (Å²) in [5, 5.41) is 22.5. The number of hydrogen-bond donors (Lipinski definition) is 2. The maximum Gasteiger partial charge on any atom is 0.277 e. The highest BCUT2D eigenvalue weighted by atomic mass is 16.3. The Balaban J connectivity index is 1.58. The Morgan fingerprint density at radius 2 is 2.08 bits per heavy atom. The van der Waals surface area contributed by atoms with Crippen molar-refractivity contribution in [2.45, 2.75) is 12.5 Å². The van der Waals surface area contributed by atoms with Gasteiger partial charge in [-0.05, 0) is 37.5 Å². The van der Waals surface area contributed by atoms with Gasteiger partial charge in [0.05, 0.1) is 17.9 Å². The first-order valence-corrected chi connectivity index (χ1v) is 8.24. The lowest BCUT2D eigenvalue weighted by atomic mass is 10.1. The fourth-order valence-corrected chi connectivity index (χ4v) is 3.30. The zero-order chi connectivity index (χ0) is 17.4. The summed E-state index contributed by atoms with van der Waals surface area (Å²) >= 11 is 0. The van der Waals surface area contributed by atoms with E-state index < -0.39 is 0 Å². The van der Waals surface area contributed by atoms with Gasteiger partial charge in [-0.25, -0.2) is 4.68 Å². The SMILES string of the molecule is CN1CCC(n2cc(C(=O)Nc3cccc4cccc(O)c34)nn2)C1. The predicted molar refractivity (Wildman–Crippen MR) is 94.7 cm³/mol. The van der Waals surface area contributed by atoms with Gasteiger partial charge in [-0.2, -0.15) is 0 Å². The summed E-state index contributed by atoms with van der Waals surface area (Å²) in [6.45, 7) is 1.92. The molecule has 1 unspecified atom stereocenters. The molecule has 1 fully saturated rings. The number of rotatable bonds is 3. The fourth-order valence-electron chi connectivity index (χ4n) is 3.30. The summed E-state index contributed by atoms with van der Waals surface area (Å²) in [4.78, 5) is 14.8. The van der Waals surface area contributed by atoms with Gasteiger partial charge in [0.25, 0.3) is 5.91 Å². The Kier molecular flexibility index (Phi) is 3.85. The molecule has 1 atom stereocenters. The van der Waals surface area contributed by atoms with E-state index in [0.29, 0.717) is 11.1 Å². The van der Waals surface area contributed by atoms with E-state index in [0.717, 1.165) is 24.9 Å². The number of carbonyl (C=O) groups is 1. The molecular formula is C18H19N5O2. The third-order valence-corrected chi connectivity index (χ3v) is 4.61. The van der Waals surface area contributed by atoms with Crippen molar-refractivity contribution in [3.8, 4) is 5.75 Å². The fraction of sp³-hybridized carbons (Fsp3) is 0.278. The van der Waals surface area contributed by atoms with Gasteiger partial charge in [0.2, 0.25) is 0 Å². The lowest BCUT2D eigenvalue weighted by Crippen LogP contribution is -2.17. The molecule has 128 valence electrons. The number of benzene rings is 2. The van der Waals surface area contributed by atoms with E-state index in [9.17, 15) is 9.90 Å². The van der Waals surface area contributed by atoms with Crippen LogP contribution in [0.15, 0.2) is 42.6 Å². The van der Waals surface area contributed by atoms with Crippen molar-refractivity contribution in [1.82, 2.24) is 19.9 Å². The standard InChI is InChI=1S/C18H19N5O2/c1-22-9-8-13(10-22)23-11-15(20-21-23)18(25)19-14-6-2-4-12-5-3-7-16(24)17(12)14/h2-7,11,13,24H,8-10H2,1H3,(H,19,25). The number of phenolic OH excluding ortho intramolecular Hbond substituents is 1. The molecule has 7 heteroatoms. The number of anilines is 1. The molecule has 0 saturated carbocycles. The van der Waals surface area contributed by atoms with E-state index in [1.54, 1.807) is 29.1 Å². The zero-order valence-electron chi connectivity index (χ0n) is 13.9. The average Bonchev–Trinajstić information content (AvgIpc) is 3.24. The summed E-state index contributed by atoms with van der Waals surface area (Å²) in [6, 6.07) is 11.0. The maximum atomic E-state index is 12.5. The van der Waals surface area contributed by atoms with E-state index in [1.807, 2.05) is 18.2 Å². The summed E-state index contributed by atoms with van der Waals surface area (Å²) in [5.41, 5.74) is 0.817. The van der Waals surface area contributed by atoms with Crippen LogP contribution in [-0.4, -0.2) is 51.0 Å². The second-order valence-electron chi connectivity index (χ2n) is 6.42. The van der Waals surface area contributed by atoms with Gasteiger partial charge in [-0.15, -0.1) is 5.10 Å². The zero-order valence-corrected chi connectivity index (χ0v) is 13.9. The molecule has 4 rings (SSSR count). The number of nitrogens with zero attached hydrogens (tertiary/aromatic N) is 4. The Hall–Kier alpha value is -2.93. The molecule has 1 saturated heterocycles. The second-order valence-corrected chi connectivity index (χ2v) is 6.42. The van der Waals surface area contributed by atoms with Gasteiger partial charge in [-0.1, -0.05) is 29.5 Å². The molecule has 1 aromatic heterocycles. The molecule has 0 bridgehead atoms. The minimum atomic E-state index is -0.339. The van der Waals surface area contributed by atoms with Crippen LogP contribution in [0.5, 0.6) is 5.75 Å². The molecule has 1 aliphatic heterocycles. The molecule has 25 heavy (non-hydrogen) atoms. The largest absolute Gasteiger partial charge is 0.507 e. The number of likely N-dealkylation sites (tertiary alicyclic amines) is 1. The molecule has 1 aliphatic rings. The third-order valence-electron chi connectivity index (χ3n) is 4.61. The summed E-state index contributed by atoms with van der Waals surface area (Å²) < 4.78 is 1.76. The van der Waals surface area contributed by atoms with Crippen LogP contribution >= 0.6 is 0 Å². The number of nitrogens with one attached hydrogen (secondary N) is 1. The number of carbonyl (C=O) groups excluding carboxylic acids is 1. The normalized spacial score (nSPS) is 17.9. The van der Waals surface area contributed by atoms with Crippen LogP contribution in [0, 0.1) is 0 Å². The van der Waals surface area contributed by atoms with Gasteiger partial charge < -0.3 is 15.3 Å². The third kappa shape index (κ3) is 2.94. The lowest BCUT2D eigenvalue weighted by Gasteiger charge is -2.10. The summed E-state index contributed by atoms with van der Waals surface area (Å²) in [7, 11) is 2.07.